The van der Waals surface area contributed by atoms with Crippen LogP contribution in [0.5, 0.6) is 6.01 Å². The third-order valence-corrected chi connectivity index (χ3v) is 1.88. The fraction of sp³-hybridized carbons (Fsp3) is 0.600. The summed E-state index contributed by atoms with van der Waals surface area (Å²) >= 11 is 0. The minimum atomic E-state index is -0.129. The van der Waals surface area contributed by atoms with Crippen molar-refractivity contribution in [3.8, 4) is 6.01 Å². The van der Waals surface area contributed by atoms with Gasteiger partial charge in [0.25, 0.3) is 0 Å². The van der Waals surface area contributed by atoms with E-state index in [0.29, 0.717) is 5.95 Å². The molecule has 0 saturated heterocycles. The van der Waals surface area contributed by atoms with E-state index in [1.54, 1.807) is 7.05 Å². The number of carbonyl (C=O) groups excluding carboxylic acids is 1. The zero-order chi connectivity index (χ0) is 13.5. The van der Waals surface area contributed by atoms with Gasteiger partial charge >= 0.3 is 6.01 Å². The third-order valence-electron chi connectivity index (χ3n) is 1.88. The molecule has 18 heavy (non-hydrogen) atoms. The Labute approximate surface area is 106 Å². The summed E-state index contributed by atoms with van der Waals surface area (Å²) in [6.45, 7) is 3.88. The van der Waals surface area contributed by atoms with Crippen LogP contribution in [0.15, 0.2) is 0 Å². The summed E-state index contributed by atoms with van der Waals surface area (Å²) in [5, 5.41) is 8.33. The Balaban J connectivity index is 2.63. The fourth-order valence-electron chi connectivity index (χ4n) is 1.17. The maximum Gasteiger partial charge on any atom is 0.322 e. The van der Waals surface area contributed by atoms with Gasteiger partial charge in [0.15, 0.2) is 0 Å². The molecule has 8 nitrogen and oxygen atoms in total. The van der Waals surface area contributed by atoms with Crippen molar-refractivity contribution >= 4 is 17.8 Å². The molecule has 0 aliphatic carbocycles. The number of rotatable bonds is 6. The number of methoxy groups -OCH3 is 1. The van der Waals surface area contributed by atoms with E-state index in [1.165, 1.54) is 7.11 Å². The monoisotopic (exact) mass is 254 g/mol. The highest BCUT2D eigenvalue weighted by Crippen LogP contribution is 2.09. The first-order chi connectivity index (χ1) is 8.55. The molecule has 0 spiro atoms. The Morgan fingerprint density at radius 3 is 2.50 bits per heavy atom. The molecule has 0 bridgehead atoms. The van der Waals surface area contributed by atoms with Gasteiger partial charge in [0.05, 0.1) is 13.7 Å². The molecule has 1 heterocycles. The summed E-state index contributed by atoms with van der Waals surface area (Å²) in [5.74, 6) is 0.522. The van der Waals surface area contributed by atoms with Crippen LogP contribution < -0.4 is 20.7 Å². The lowest BCUT2D eigenvalue weighted by atomic mass is 10.4. The quantitative estimate of drug-likeness (QED) is 0.649. The predicted octanol–water partition coefficient (Wildman–Crippen LogP) is -0.142. The Kier molecular flexibility index (Phi) is 5.09. The van der Waals surface area contributed by atoms with Crippen LogP contribution in [0.4, 0.5) is 11.9 Å². The molecule has 0 atom stereocenters. The number of nitrogens with zero attached hydrogens (tertiary/aromatic N) is 3. The molecular weight excluding hydrogens is 236 g/mol. The Bertz CT molecular complexity index is 387. The van der Waals surface area contributed by atoms with Crippen LogP contribution in [0.2, 0.25) is 0 Å². The Morgan fingerprint density at radius 1 is 1.28 bits per heavy atom. The van der Waals surface area contributed by atoms with Gasteiger partial charge in [-0.05, 0) is 13.8 Å². The average Bonchev–Trinajstić information content (AvgIpc) is 2.35. The van der Waals surface area contributed by atoms with Gasteiger partial charge in [-0.3, -0.25) is 4.79 Å². The summed E-state index contributed by atoms with van der Waals surface area (Å²) in [5.41, 5.74) is 0. The molecule has 0 radical (unpaired) electrons. The number of hydrogen-bond donors (Lipinski definition) is 3. The van der Waals surface area contributed by atoms with E-state index in [4.69, 9.17) is 4.74 Å². The highest BCUT2D eigenvalue weighted by Gasteiger charge is 2.08. The molecule has 100 valence electrons. The van der Waals surface area contributed by atoms with Gasteiger partial charge < -0.3 is 20.7 Å². The number of amides is 1. The molecule has 0 unspecified atom stereocenters. The van der Waals surface area contributed by atoms with Crippen LogP contribution in [0.1, 0.15) is 13.8 Å². The maximum absolute atomic E-state index is 11.4. The first kappa shape index (κ1) is 13.9. The van der Waals surface area contributed by atoms with Crippen LogP contribution in [-0.4, -0.2) is 47.6 Å². The number of hydrogen-bond acceptors (Lipinski definition) is 7. The van der Waals surface area contributed by atoms with Crippen molar-refractivity contribution in [1.29, 1.82) is 0 Å². The van der Waals surface area contributed by atoms with Gasteiger partial charge in [0, 0.05) is 13.1 Å². The molecule has 0 aromatic carbocycles. The summed E-state index contributed by atoms with van der Waals surface area (Å²) in [7, 11) is 3.15. The molecule has 0 saturated carbocycles. The van der Waals surface area contributed by atoms with E-state index >= 15 is 0 Å². The van der Waals surface area contributed by atoms with Crippen LogP contribution in [0.3, 0.4) is 0 Å². The van der Waals surface area contributed by atoms with Crippen molar-refractivity contribution in [1.82, 2.24) is 20.3 Å². The zero-order valence-corrected chi connectivity index (χ0v) is 10.9. The molecule has 1 rings (SSSR count). The van der Waals surface area contributed by atoms with Gasteiger partial charge in [-0.2, -0.15) is 15.0 Å². The molecule has 3 N–H and O–H groups in total. The minimum Gasteiger partial charge on any atom is -0.467 e. The maximum atomic E-state index is 11.4. The first-order valence-corrected chi connectivity index (χ1v) is 5.56. The second kappa shape index (κ2) is 6.58. The third kappa shape index (κ3) is 4.40. The molecule has 0 aliphatic heterocycles. The lowest BCUT2D eigenvalue weighted by Crippen LogP contribution is -2.35. The molecule has 0 fully saturated rings. The van der Waals surface area contributed by atoms with E-state index in [1.807, 2.05) is 13.8 Å². The largest absolute Gasteiger partial charge is 0.467 e. The van der Waals surface area contributed by atoms with Crippen molar-refractivity contribution in [2.75, 3.05) is 31.3 Å². The van der Waals surface area contributed by atoms with E-state index in [-0.39, 0.29) is 30.5 Å². The SMILES string of the molecule is CNc1nc(NCC(=O)NC(C)C)nc(OC)n1. The summed E-state index contributed by atoms with van der Waals surface area (Å²) in [4.78, 5) is 23.4. The molecule has 8 heteroatoms. The number of aromatic nitrogens is 3. The fourth-order valence-corrected chi connectivity index (χ4v) is 1.17. The highest BCUT2D eigenvalue weighted by molar-refractivity contribution is 5.80. The first-order valence-electron chi connectivity index (χ1n) is 5.56. The second-order valence-electron chi connectivity index (χ2n) is 3.80. The van der Waals surface area contributed by atoms with E-state index in [9.17, 15) is 4.79 Å². The van der Waals surface area contributed by atoms with Crippen LogP contribution >= 0.6 is 0 Å². The topological polar surface area (TPSA) is 101 Å². The minimum absolute atomic E-state index is 0.0918. The molecule has 1 amide bonds. The summed E-state index contributed by atoms with van der Waals surface area (Å²) in [6.07, 6.45) is 0. The summed E-state index contributed by atoms with van der Waals surface area (Å²) < 4.78 is 4.93. The van der Waals surface area contributed by atoms with Gasteiger partial charge in [-0.25, -0.2) is 0 Å². The Hall–Kier alpha value is -2.12. The predicted molar refractivity (Wildman–Crippen MR) is 67.7 cm³/mol. The molecule has 0 aliphatic rings. The molecule has 1 aromatic rings. The molecular formula is C10H18N6O2. The van der Waals surface area contributed by atoms with Crippen molar-refractivity contribution in [2.24, 2.45) is 0 Å². The smallest absolute Gasteiger partial charge is 0.322 e. The van der Waals surface area contributed by atoms with Crippen molar-refractivity contribution in [3.63, 3.8) is 0 Å². The van der Waals surface area contributed by atoms with Crippen molar-refractivity contribution in [2.45, 2.75) is 19.9 Å². The van der Waals surface area contributed by atoms with Crippen LogP contribution in [0, 0.1) is 0 Å². The summed E-state index contributed by atoms with van der Waals surface area (Å²) in [6, 6.07) is 0.279. The highest BCUT2D eigenvalue weighted by atomic mass is 16.5. The number of nitrogens with one attached hydrogen (secondary N) is 3. The van der Waals surface area contributed by atoms with Crippen LogP contribution in [-0.2, 0) is 4.79 Å². The Morgan fingerprint density at radius 2 is 1.94 bits per heavy atom. The van der Waals surface area contributed by atoms with Gasteiger partial charge in [-0.1, -0.05) is 0 Å². The van der Waals surface area contributed by atoms with Gasteiger partial charge in [0.1, 0.15) is 0 Å². The van der Waals surface area contributed by atoms with Crippen molar-refractivity contribution < 1.29 is 9.53 Å². The lowest BCUT2D eigenvalue weighted by molar-refractivity contribution is -0.119. The number of anilines is 2. The van der Waals surface area contributed by atoms with Gasteiger partial charge in [0.2, 0.25) is 17.8 Å². The van der Waals surface area contributed by atoms with E-state index in [2.05, 4.69) is 30.9 Å². The van der Waals surface area contributed by atoms with E-state index < -0.39 is 0 Å². The zero-order valence-electron chi connectivity index (χ0n) is 10.9. The van der Waals surface area contributed by atoms with Gasteiger partial charge in [-0.15, -0.1) is 0 Å². The van der Waals surface area contributed by atoms with Crippen LogP contribution in [0.25, 0.3) is 0 Å². The average molecular weight is 254 g/mol. The number of carbonyl (C=O) groups is 1. The lowest BCUT2D eigenvalue weighted by Gasteiger charge is -2.10. The molecule has 1 aromatic heterocycles. The normalized spacial score (nSPS) is 10.1. The number of ether oxygens (including phenoxy) is 1. The van der Waals surface area contributed by atoms with E-state index in [0.717, 1.165) is 0 Å². The van der Waals surface area contributed by atoms with Crippen molar-refractivity contribution in [3.05, 3.63) is 0 Å². The standard InChI is InChI=1S/C10H18N6O2/c1-6(2)13-7(17)5-12-9-14-8(11-3)15-10(16-9)18-4/h6H,5H2,1-4H3,(H,13,17)(H2,11,12,14,15,16). The second-order valence-corrected chi connectivity index (χ2v) is 3.80.